The van der Waals surface area contributed by atoms with Gasteiger partial charge in [0.1, 0.15) is 22.8 Å². The van der Waals surface area contributed by atoms with Gasteiger partial charge in [-0.25, -0.2) is 23.7 Å². The van der Waals surface area contributed by atoms with Gasteiger partial charge < -0.3 is 9.64 Å². The van der Waals surface area contributed by atoms with Crippen molar-refractivity contribution in [2.75, 3.05) is 31.2 Å². The van der Waals surface area contributed by atoms with Crippen molar-refractivity contribution in [2.45, 2.75) is 25.8 Å². The average molecular weight is 451 g/mol. The zero-order valence-electron chi connectivity index (χ0n) is 18.2. The normalized spacial score (nSPS) is 15.9. The first-order chi connectivity index (χ1) is 16.1. The number of anilines is 1. The second-order valence-electron chi connectivity index (χ2n) is 8.00. The molecule has 8 nitrogen and oxygen atoms in total. The number of rotatable bonds is 3. The Hall–Kier alpha value is -3.53. The van der Waals surface area contributed by atoms with Crippen molar-refractivity contribution in [2.24, 2.45) is 0 Å². The Morgan fingerprint density at radius 3 is 2.58 bits per heavy atom. The van der Waals surface area contributed by atoms with E-state index >= 15 is 0 Å². The third-order valence-electron chi connectivity index (χ3n) is 5.44. The predicted molar refractivity (Wildman–Crippen MR) is 119 cm³/mol. The molecular weight excluding hydrogens is 428 g/mol. The highest BCUT2D eigenvalue weighted by Crippen LogP contribution is 2.33. The molecule has 0 atom stereocenters. The van der Waals surface area contributed by atoms with Crippen LogP contribution >= 0.6 is 0 Å². The van der Waals surface area contributed by atoms with Gasteiger partial charge in [-0.2, -0.15) is 10.1 Å². The first-order valence-corrected chi connectivity index (χ1v) is 10.9. The fraction of sp³-hybridized carbons (Fsp3) is 0.348. The van der Waals surface area contributed by atoms with Gasteiger partial charge in [0.15, 0.2) is 5.65 Å². The molecule has 4 heterocycles. The SMILES string of the molecule is Cc1cnc2c(-c3ccc(F)cc3F)nc(N3CCOCC3)nc2n1.c1cnn(C2CC2)c1. The van der Waals surface area contributed by atoms with Crippen molar-refractivity contribution in [1.82, 2.24) is 29.7 Å². The number of nitrogens with zero attached hydrogens (tertiary/aromatic N) is 7. The van der Waals surface area contributed by atoms with Crippen LogP contribution in [0.5, 0.6) is 0 Å². The summed E-state index contributed by atoms with van der Waals surface area (Å²) in [7, 11) is 0. The van der Waals surface area contributed by atoms with Crippen LogP contribution in [0.2, 0.25) is 0 Å². The number of hydrogen-bond acceptors (Lipinski definition) is 7. The van der Waals surface area contributed by atoms with Crippen molar-refractivity contribution >= 4 is 17.1 Å². The third-order valence-corrected chi connectivity index (χ3v) is 5.44. The van der Waals surface area contributed by atoms with Crippen LogP contribution in [0.4, 0.5) is 14.7 Å². The van der Waals surface area contributed by atoms with Crippen molar-refractivity contribution < 1.29 is 13.5 Å². The predicted octanol–water partition coefficient (Wildman–Crippen LogP) is 3.73. The lowest BCUT2D eigenvalue weighted by molar-refractivity contribution is 0.122. The lowest BCUT2D eigenvalue weighted by atomic mass is 10.1. The van der Waals surface area contributed by atoms with Gasteiger partial charge in [-0.15, -0.1) is 0 Å². The Labute approximate surface area is 189 Å². The van der Waals surface area contributed by atoms with Gasteiger partial charge in [-0.1, -0.05) is 0 Å². The maximum Gasteiger partial charge on any atom is 0.228 e. The molecule has 3 aromatic heterocycles. The molecule has 170 valence electrons. The number of morpholine rings is 1. The second-order valence-corrected chi connectivity index (χ2v) is 8.00. The molecule has 0 spiro atoms. The number of aromatic nitrogens is 6. The summed E-state index contributed by atoms with van der Waals surface area (Å²) in [6, 6.07) is 6.10. The lowest BCUT2D eigenvalue weighted by Gasteiger charge is -2.27. The fourth-order valence-electron chi connectivity index (χ4n) is 3.59. The first kappa shape index (κ1) is 21.3. The summed E-state index contributed by atoms with van der Waals surface area (Å²) in [6.45, 7) is 4.22. The molecule has 2 fully saturated rings. The summed E-state index contributed by atoms with van der Waals surface area (Å²) in [5.74, 6) is -0.903. The largest absolute Gasteiger partial charge is 0.378 e. The minimum absolute atomic E-state index is 0.168. The van der Waals surface area contributed by atoms with Crippen molar-refractivity contribution in [1.29, 1.82) is 0 Å². The molecule has 0 unspecified atom stereocenters. The summed E-state index contributed by atoms with van der Waals surface area (Å²) < 4.78 is 35.0. The van der Waals surface area contributed by atoms with Gasteiger partial charge in [-0.3, -0.25) is 4.68 Å². The molecular formula is C23H23F2N7O. The molecule has 10 heteroatoms. The average Bonchev–Trinajstić information content (AvgIpc) is 3.53. The van der Waals surface area contributed by atoms with E-state index < -0.39 is 11.6 Å². The van der Waals surface area contributed by atoms with Gasteiger partial charge in [-0.05, 0) is 38.0 Å². The zero-order valence-corrected chi connectivity index (χ0v) is 18.2. The highest BCUT2D eigenvalue weighted by Gasteiger charge is 2.23. The second kappa shape index (κ2) is 9.14. The van der Waals surface area contributed by atoms with E-state index in [1.54, 1.807) is 13.1 Å². The van der Waals surface area contributed by atoms with Crippen LogP contribution in [0.25, 0.3) is 22.4 Å². The number of ether oxygens (including phenoxy) is 1. The highest BCUT2D eigenvalue weighted by molar-refractivity contribution is 5.88. The van der Waals surface area contributed by atoms with E-state index in [9.17, 15) is 8.78 Å². The molecule has 0 radical (unpaired) electrons. The summed E-state index contributed by atoms with van der Waals surface area (Å²) in [5.41, 5.74) is 1.94. The van der Waals surface area contributed by atoms with Crippen LogP contribution in [0.3, 0.4) is 0 Å². The van der Waals surface area contributed by atoms with Crippen molar-refractivity contribution in [3.05, 3.63) is 60.2 Å². The molecule has 0 amide bonds. The van der Waals surface area contributed by atoms with Crippen LogP contribution in [0.15, 0.2) is 42.9 Å². The van der Waals surface area contributed by atoms with Crippen molar-refractivity contribution in [3.63, 3.8) is 0 Å². The van der Waals surface area contributed by atoms with Gasteiger partial charge >= 0.3 is 0 Å². The third kappa shape index (κ3) is 4.80. The van der Waals surface area contributed by atoms with E-state index in [1.807, 2.05) is 28.0 Å². The van der Waals surface area contributed by atoms with Gasteiger partial charge in [0.2, 0.25) is 5.95 Å². The molecule has 33 heavy (non-hydrogen) atoms. The van der Waals surface area contributed by atoms with Crippen LogP contribution in [0.1, 0.15) is 24.6 Å². The molecule has 6 rings (SSSR count). The maximum absolute atomic E-state index is 14.3. The number of aryl methyl sites for hydroxylation is 1. The van der Waals surface area contributed by atoms with E-state index in [1.165, 1.54) is 25.0 Å². The van der Waals surface area contributed by atoms with Gasteiger partial charge in [0.05, 0.1) is 24.9 Å². The topological polar surface area (TPSA) is 81.8 Å². The smallest absolute Gasteiger partial charge is 0.228 e. The Balaban J connectivity index is 0.000000238. The van der Waals surface area contributed by atoms with Crippen LogP contribution in [0, 0.1) is 18.6 Å². The molecule has 1 aliphatic carbocycles. The number of hydrogen-bond donors (Lipinski definition) is 0. The lowest BCUT2D eigenvalue weighted by Crippen LogP contribution is -2.37. The van der Waals surface area contributed by atoms with Gasteiger partial charge in [0.25, 0.3) is 0 Å². The summed E-state index contributed by atoms with van der Waals surface area (Å²) in [6.07, 6.45) is 8.07. The molecule has 1 saturated carbocycles. The molecule has 1 aromatic carbocycles. The molecule has 1 saturated heterocycles. The minimum Gasteiger partial charge on any atom is -0.378 e. The Kier molecular flexibility index (Phi) is 5.91. The highest BCUT2D eigenvalue weighted by atomic mass is 19.1. The number of fused-ring (bicyclic) bond motifs is 1. The molecule has 0 N–H and O–H groups in total. The quantitative estimate of drug-likeness (QED) is 0.469. The zero-order chi connectivity index (χ0) is 22.8. The molecule has 0 bridgehead atoms. The minimum atomic E-state index is -0.699. The molecule has 2 aliphatic rings. The van der Waals surface area contributed by atoms with Crippen LogP contribution in [-0.2, 0) is 4.74 Å². The number of halogens is 2. The standard InChI is InChI=1S/C17H15F2N5O.C6H8N2/c1-10-9-20-15-14(12-3-2-11(18)8-13(12)19)22-17(23-16(15)21-10)24-4-6-25-7-5-24;1-4-7-8(5-1)6-2-3-6/h2-3,8-9H,4-7H2,1H3;1,4-6H,2-3H2. The monoisotopic (exact) mass is 451 g/mol. The Morgan fingerprint density at radius 2 is 1.88 bits per heavy atom. The van der Waals surface area contributed by atoms with Crippen LogP contribution < -0.4 is 4.90 Å². The summed E-state index contributed by atoms with van der Waals surface area (Å²) >= 11 is 0. The Morgan fingerprint density at radius 1 is 1.06 bits per heavy atom. The molecule has 1 aliphatic heterocycles. The van der Waals surface area contributed by atoms with E-state index in [2.05, 4.69) is 25.0 Å². The summed E-state index contributed by atoms with van der Waals surface area (Å²) in [4.78, 5) is 19.7. The number of benzene rings is 1. The van der Waals surface area contributed by atoms with E-state index in [4.69, 9.17) is 4.74 Å². The fourth-order valence-corrected chi connectivity index (χ4v) is 3.59. The van der Waals surface area contributed by atoms with E-state index in [0.29, 0.717) is 54.8 Å². The van der Waals surface area contributed by atoms with E-state index in [-0.39, 0.29) is 5.56 Å². The van der Waals surface area contributed by atoms with Crippen molar-refractivity contribution in [3.8, 4) is 11.3 Å². The molecule has 4 aromatic rings. The van der Waals surface area contributed by atoms with Gasteiger partial charge in [0, 0.05) is 43.3 Å². The maximum atomic E-state index is 14.3. The summed E-state index contributed by atoms with van der Waals surface area (Å²) in [5, 5.41) is 4.09. The van der Waals surface area contributed by atoms with Crippen LogP contribution in [-0.4, -0.2) is 56.0 Å². The first-order valence-electron chi connectivity index (χ1n) is 10.9. The van der Waals surface area contributed by atoms with E-state index in [0.717, 1.165) is 12.1 Å². The Bertz CT molecular complexity index is 1260.